The van der Waals surface area contributed by atoms with Crippen LogP contribution in [-0.2, 0) is 0 Å². The van der Waals surface area contributed by atoms with Gasteiger partial charge in [0.2, 0.25) is 0 Å². The first-order valence-electron chi connectivity index (χ1n) is 5.65. The Morgan fingerprint density at radius 2 is 2.27 bits per heavy atom. The van der Waals surface area contributed by atoms with Gasteiger partial charge >= 0.3 is 0 Å². The number of hydrogen-bond donors (Lipinski definition) is 1. The van der Waals surface area contributed by atoms with E-state index in [0.29, 0.717) is 6.04 Å². The highest BCUT2D eigenvalue weighted by molar-refractivity contribution is 5.50. The summed E-state index contributed by atoms with van der Waals surface area (Å²) in [6.45, 7) is 5.52. The van der Waals surface area contributed by atoms with E-state index < -0.39 is 0 Å². The molecule has 0 aromatic carbocycles. The predicted molar refractivity (Wildman–Crippen MR) is 63.9 cm³/mol. The molecule has 0 radical (unpaired) electrons. The molecule has 1 aliphatic carbocycles. The maximum absolute atomic E-state index is 5.78. The van der Waals surface area contributed by atoms with Crippen molar-refractivity contribution in [3.63, 3.8) is 0 Å². The normalized spacial score (nSPS) is 15.7. The highest BCUT2D eigenvalue weighted by Crippen LogP contribution is 2.32. The van der Waals surface area contributed by atoms with Gasteiger partial charge in [-0.3, -0.25) is 0 Å². The van der Waals surface area contributed by atoms with E-state index in [0.717, 1.165) is 24.0 Å². The molecule has 2 N–H and O–H groups in total. The van der Waals surface area contributed by atoms with Crippen LogP contribution < -0.4 is 10.6 Å². The molecule has 0 spiro atoms. The molecule has 1 aliphatic rings. The minimum Gasteiger partial charge on any atom is -0.399 e. The summed E-state index contributed by atoms with van der Waals surface area (Å²) in [4.78, 5) is 6.73. The Balaban J connectivity index is 2.15. The summed E-state index contributed by atoms with van der Waals surface area (Å²) < 4.78 is 0. The average Bonchev–Trinajstić information content (AvgIpc) is 2.97. The molecule has 3 heteroatoms. The second-order valence-electron chi connectivity index (χ2n) is 4.64. The van der Waals surface area contributed by atoms with Gasteiger partial charge in [-0.15, -0.1) is 0 Å². The molecular formula is C12H19N3. The molecule has 1 fully saturated rings. The van der Waals surface area contributed by atoms with Gasteiger partial charge in [0.05, 0.1) is 0 Å². The molecule has 0 atom stereocenters. The first kappa shape index (κ1) is 10.3. The van der Waals surface area contributed by atoms with Crippen molar-refractivity contribution in [2.24, 2.45) is 5.92 Å². The van der Waals surface area contributed by atoms with Gasteiger partial charge in [-0.2, -0.15) is 0 Å². The number of nitrogen functional groups attached to an aromatic ring is 1. The third-order valence-electron chi connectivity index (χ3n) is 2.84. The van der Waals surface area contributed by atoms with E-state index in [9.17, 15) is 0 Å². The van der Waals surface area contributed by atoms with Crippen LogP contribution in [0.15, 0.2) is 18.3 Å². The van der Waals surface area contributed by atoms with Crippen LogP contribution in [0.2, 0.25) is 0 Å². The fraction of sp³-hybridized carbons (Fsp3) is 0.583. The van der Waals surface area contributed by atoms with Crippen molar-refractivity contribution < 1.29 is 0 Å². The second-order valence-corrected chi connectivity index (χ2v) is 4.64. The van der Waals surface area contributed by atoms with Crippen LogP contribution in [0, 0.1) is 5.92 Å². The summed E-state index contributed by atoms with van der Waals surface area (Å²) in [6, 6.07) is 4.28. The van der Waals surface area contributed by atoms with Crippen LogP contribution in [0.1, 0.15) is 26.7 Å². The van der Waals surface area contributed by atoms with Crippen LogP contribution >= 0.6 is 0 Å². The van der Waals surface area contributed by atoms with Gasteiger partial charge in [0.25, 0.3) is 0 Å². The van der Waals surface area contributed by atoms with Crippen LogP contribution in [-0.4, -0.2) is 17.6 Å². The molecule has 0 amide bonds. The molecule has 1 heterocycles. The van der Waals surface area contributed by atoms with Gasteiger partial charge < -0.3 is 10.6 Å². The fourth-order valence-corrected chi connectivity index (χ4v) is 1.74. The first-order chi connectivity index (χ1) is 7.16. The lowest BCUT2D eigenvalue weighted by Gasteiger charge is -2.28. The second kappa shape index (κ2) is 4.09. The molecule has 1 aromatic rings. The average molecular weight is 205 g/mol. The third-order valence-corrected chi connectivity index (χ3v) is 2.84. The molecule has 1 aromatic heterocycles. The topological polar surface area (TPSA) is 42.1 Å². The van der Waals surface area contributed by atoms with Crippen molar-refractivity contribution in [3.05, 3.63) is 18.3 Å². The number of rotatable bonds is 4. The van der Waals surface area contributed by atoms with Crippen LogP contribution in [0.25, 0.3) is 0 Å². The van der Waals surface area contributed by atoms with Crippen LogP contribution in [0.3, 0.4) is 0 Å². The number of nitrogens with two attached hydrogens (primary N) is 1. The molecule has 82 valence electrons. The fourth-order valence-electron chi connectivity index (χ4n) is 1.74. The number of anilines is 2. The molecule has 0 saturated heterocycles. The summed E-state index contributed by atoms with van der Waals surface area (Å²) in [6.07, 6.45) is 4.52. The third kappa shape index (κ3) is 2.61. The van der Waals surface area contributed by atoms with E-state index >= 15 is 0 Å². The highest BCUT2D eigenvalue weighted by Gasteiger charge is 2.26. The molecule has 0 unspecified atom stereocenters. The number of nitrogens with zero attached hydrogens (tertiary/aromatic N) is 2. The Morgan fingerprint density at radius 3 is 2.80 bits per heavy atom. The monoisotopic (exact) mass is 205 g/mol. The number of hydrogen-bond acceptors (Lipinski definition) is 3. The van der Waals surface area contributed by atoms with Crippen molar-refractivity contribution in [2.75, 3.05) is 17.2 Å². The zero-order chi connectivity index (χ0) is 10.8. The van der Waals surface area contributed by atoms with Crippen molar-refractivity contribution in [3.8, 4) is 0 Å². The smallest absolute Gasteiger partial charge is 0.130 e. The Bertz CT molecular complexity index is 331. The Morgan fingerprint density at radius 1 is 1.53 bits per heavy atom. The van der Waals surface area contributed by atoms with Gasteiger partial charge in [0, 0.05) is 30.5 Å². The summed E-state index contributed by atoms with van der Waals surface area (Å²) in [5.41, 5.74) is 6.57. The van der Waals surface area contributed by atoms with Gasteiger partial charge in [-0.05, 0) is 38.7 Å². The SMILES string of the molecule is CC(C)N(CC1CC1)c1cc(N)ccn1. The van der Waals surface area contributed by atoms with Crippen LogP contribution in [0.4, 0.5) is 11.5 Å². The van der Waals surface area contributed by atoms with Gasteiger partial charge in [0.1, 0.15) is 5.82 Å². The summed E-state index contributed by atoms with van der Waals surface area (Å²) in [5.74, 6) is 1.88. The largest absolute Gasteiger partial charge is 0.399 e. The molecule has 3 nitrogen and oxygen atoms in total. The minimum absolute atomic E-state index is 0.486. The van der Waals surface area contributed by atoms with Crippen molar-refractivity contribution in [1.82, 2.24) is 4.98 Å². The highest BCUT2D eigenvalue weighted by atomic mass is 15.2. The summed E-state index contributed by atoms with van der Waals surface area (Å²) in [5, 5.41) is 0. The molecule has 2 rings (SSSR count). The molecule has 1 saturated carbocycles. The quantitative estimate of drug-likeness (QED) is 0.820. The summed E-state index contributed by atoms with van der Waals surface area (Å²) in [7, 11) is 0. The molecule has 0 aliphatic heterocycles. The maximum Gasteiger partial charge on any atom is 0.130 e. The summed E-state index contributed by atoms with van der Waals surface area (Å²) >= 11 is 0. The zero-order valence-corrected chi connectivity index (χ0v) is 9.48. The van der Waals surface area contributed by atoms with E-state index in [1.165, 1.54) is 12.8 Å². The van der Waals surface area contributed by atoms with Gasteiger partial charge in [0.15, 0.2) is 0 Å². The van der Waals surface area contributed by atoms with Crippen LogP contribution in [0.5, 0.6) is 0 Å². The van der Waals surface area contributed by atoms with E-state index in [1.807, 2.05) is 12.1 Å². The number of aromatic nitrogens is 1. The maximum atomic E-state index is 5.78. The van der Waals surface area contributed by atoms with Crippen molar-refractivity contribution in [1.29, 1.82) is 0 Å². The standard InChI is InChI=1S/C12H19N3/c1-9(2)15(8-10-3-4-10)12-7-11(13)5-6-14-12/h5-7,9-10H,3-4,8H2,1-2H3,(H2,13,14). The lowest BCUT2D eigenvalue weighted by Crippen LogP contribution is -2.33. The Kier molecular flexibility index (Phi) is 2.80. The molecule has 15 heavy (non-hydrogen) atoms. The zero-order valence-electron chi connectivity index (χ0n) is 9.48. The molecular weight excluding hydrogens is 186 g/mol. The molecule has 0 bridgehead atoms. The Hall–Kier alpha value is -1.25. The first-order valence-corrected chi connectivity index (χ1v) is 5.65. The van der Waals surface area contributed by atoms with Gasteiger partial charge in [-0.1, -0.05) is 0 Å². The predicted octanol–water partition coefficient (Wildman–Crippen LogP) is 2.29. The van der Waals surface area contributed by atoms with Crippen molar-refractivity contribution >= 4 is 11.5 Å². The van der Waals surface area contributed by atoms with E-state index in [-0.39, 0.29) is 0 Å². The van der Waals surface area contributed by atoms with E-state index in [1.54, 1.807) is 6.20 Å². The van der Waals surface area contributed by atoms with E-state index in [2.05, 4.69) is 23.7 Å². The van der Waals surface area contributed by atoms with E-state index in [4.69, 9.17) is 5.73 Å². The minimum atomic E-state index is 0.486. The van der Waals surface area contributed by atoms with Crippen molar-refractivity contribution in [2.45, 2.75) is 32.7 Å². The lowest BCUT2D eigenvalue weighted by molar-refractivity contribution is 0.637. The Labute approximate surface area is 91.3 Å². The lowest BCUT2D eigenvalue weighted by atomic mass is 10.2. The number of pyridine rings is 1. The van der Waals surface area contributed by atoms with Gasteiger partial charge in [-0.25, -0.2) is 4.98 Å².